The van der Waals surface area contributed by atoms with Gasteiger partial charge in [0.2, 0.25) is 0 Å². The van der Waals surface area contributed by atoms with Crippen molar-refractivity contribution in [2.24, 2.45) is 0 Å². The van der Waals surface area contributed by atoms with Gasteiger partial charge < -0.3 is 9.47 Å². The summed E-state index contributed by atoms with van der Waals surface area (Å²) in [5, 5.41) is 0. The smallest absolute Gasteiger partial charge is 0.168 e. The second-order valence-corrected chi connectivity index (χ2v) is 7.83. The first kappa shape index (κ1) is 12.8. The van der Waals surface area contributed by atoms with E-state index in [0.717, 1.165) is 25.7 Å². The minimum Gasteiger partial charge on any atom is -0.348 e. The second-order valence-electron chi connectivity index (χ2n) is 5.53. The third-order valence-corrected chi connectivity index (χ3v) is 6.04. The van der Waals surface area contributed by atoms with Gasteiger partial charge in [-0.2, -0.15) is 0 Å². The molecule has 104 valence electrons. The van der Waals surface area contributed by atoms with Crippen LogP contribution in [0.4, 0.5) is 0 Å². The zero-order valence-corrected chi connectivity index (χ0v) is 11.5. The molecule has 2 aliphatic heterocycles. The maximum atomic E-state index is 11.4. The zero-order chi connectivity index (χ0) is 12.6. The van der Waals surface area contributed by atoms with Crippen molar-refractivity contribution < 1.29 is 17.9 Å². The fourth-order valence-electron chi connectivity index (χ4n) is 3.28. The van der Waals surface area contributed by atoms with Gasteiger partial charge in [-0.25, -0.2) is 8.42 Å². The third kappa shape index (κ3) is 2.57. The van der Waals surface area contributed by atoms with Crippen LogP contribution >= 0.6 is 0 Å². The van der Waals surface area contributed by atoms with Gasteiger partial charge in [-0.05, 0) is 12.8 Å². The molecular formula is C12H21NO4S. The molecule has 3 fully saturated rings. The van der Waals surface area contributed by atoms with Gasteiger partial charge in [0, 0.05) is 32.0 Å². The van der Waals surface area contributed by atoms with Gasteiger partial charge in [-0.3, -0.25) is 4.90 Å². The summed E-state index contributed by atoms with van der Waals surface area (Å²) in [7, 11) is -2.77. The molecule has 0 N–H and O–H groups in total. The van der Waals surface area contributed by atoms with Crippen LogP contribution in [0.15, 0.2) is 0 Å². The number of hydrogen-bond donors (Lipinski definition) is 0. The Morgan fingerprint density at radius 1 is 1.00 bits per heavy atom. The first-order chi connectivity index (χ1) is 8.59. The number of ether oxygens (including phenoxy) is 2. The first-order valence-corrected chi connectivity index (χ1v) is 8.63. The van der Waals surface area contributed by atoms with Crippen LogP contribution in [-0.2, 0) is 19.3 Å². The van der Waals surface area contributed by atoms with Gasteiger partial charge in [0.15, 0.2) is 15.6 Å². The maximum absolute atomic E-state index is 11.4. The van der Waals surface area contributed by atoms with Crippen molar-refractivity contribution in [3.05, 3.63) is 0 Å². The average molecular weight is 275 g/mol. The molecule has 0 radical (unpaired) electrons. The molecule has 18 heavy (non-hydrogen) atoms. The molecule has 3 rings (SSSR count). The molecule has 0 aromatic heterocycles. The summed E-state index contributed by atoms with van der Waals surface area (Å²) < 4.78 is 34.3. The predicted molar refractivity (Wildman–Crippen MR) is 67.1 cm³/mol. The summed E-state index contributed by atoms with van der Waals surface area (Å²) in [6.45, 7) is 2.82. The van der Waals surface area contributed by atoms with Gasteiger partial charge in [0.1, 0.15) is 0 Å². The molecular weight excluding hydrogens is 254 g/mol. The zero-order valence-electron chi connectivity index (χ0n) is 10.6. The summed E-state index contributed by atoms with van der Waals surface area (Å²) in [6, 6.07) is 0.513. The van der Waals surface area contributed by atoms with Crippen LogP contribution in [0.5, 0.6) is 0 Å². The van der Waals surface area contributed by atoms with Crippen molar-refractivity contribution in [2.45, 2.75) is 37.5 Å². The largest absolute Gasteiger partial charge is 0.348 e. The summed E-state index contributed by atoms with van der Waals surface area (Å²) in [5.74, 6) is 0.335. The molecule has 0 aromatic rings. The molecule has 0 bridgehead atoms. The lowest BCUT2D eigenvalue weighted by Crippen LogP contribution is -2.49. The molecule has 6 heteroatoms. The van der Waals surface area contributed by atoms with Crippen LogP contribution in [0.3, 0.4) is 0 Å². The van der Waals surface area contributed by atoms with Gasteiger partial charge in [0.05, 0.1) is 24.7 Å². The van der Waals surface area contributed by atoms with Gasteiger partial charge in [-0.15, -0.1) is 0 Å². The lowest BCUT2D eigenvalue weighted by atomic mass is 9.89. The Hall–Kier alpha value is -0.170. The lowest BCUT2D eigenvalue weighted by molar-refractivity contribution is -0.183. The van der Waals surface area contributed by atoms with Crippen molar-refractivity contribution in [3.8, 4) is 0 Å². The minimum atomic E-state index is -2.77. The van der Waals surface area contributed by atoms with Crippen molar-refractivity contribution in [1.29, 1.82) is 0 Å². The Balaban J connectivity index is 1.54. The van der Waals surface area contributed by atoms with E-state index in [1.54, 1.807) is 0 Å². The van der Waals surface area contributed by atoms with Gasteiger partial charge in [-0.1, -0.05) is 0 Å². The Morgan fingerprint density at radius 2 is 1.56 bits per heavy atom. The van der Waals surface area contributed by atoms with E-state index in [9.17, 15) is 8.42 Å². The predicted octanol–water partition coefficient (Wildman–Crippen LogP) is 0.402. The highest BCUT2D eigenvalue weighted by Crippen LogP contribution is 2.37. The standard InChI is InChI=1S/C12H21NO4S/c14-18(15)9-5-13(6-10-18)11-1-3-12(4-2-11)16-7-8-17-12/h11H,1-10H2. The van der Waals surface area contributed by atoms with E-state index in [2.05, 4.69) is 4.90 Å². The highest BCUT2D eigenvalue weighted by molar-refractivity contribution is 7.91. The Kier molecular flexibility index (Phi) is 3.38. The van der Waals surface area contributed by atoms with Crippen molar-refractivity contribution >= 4 is 9.84 Å². The van der Waals surface area contributed by atoms with E-state index >= 15 is 0 Å². The van der Waals surface area contributed by atoms with Crippen LogP contribution < -0.4 is 0 Å². The molecule has 2 saturated heterocycles. The molecule has 1 spiro atoms. The van der Waals surface area contributed by atoms with E-state index < -0.39 is 9.84 Å². The Labute approximate surface area is 108 Å². The summed E-state index contributed by atoms with van der Waals surface area (Å²) >= 11 is 0. The topological polar surface area (TPSA) is 55.8 Å². The average Bonchev–Trinajstić information content (AvgIpc) is 2.79. The monoisotopic (exact) mass is 275 g/mol. The number of rotatable bonds is 1. The first-order valence-electron chi connectivity index (χ1n) is 6.81. The van der Waals surface area contributed by atoms with E-state index in [1.807, 2.05) is 0 Å². The van der Waals surface area contributed by atoms with Crippen LogP contribution in [0.2, 0.25) is 0 Å². The number of hydrogen-bond acceptors (Lipinski definition) is 5. The summed E-state index contributed by atoms with van der Waals surface area (Å²) in [6.07, 6.45) is 4.00. The quantitative estimate of drug-likeness (QED) is 0.693. The van der Waals surface area contributed by atoms with Gasteiger partial charge >= 0.3 is 0 Å². The Bertz CT molecular complexity index is 378. The molecule has 1 aliphatic carbocycles. The van der Waals surface area contributed by atoms with E-state index in [0.29, 0.717) is 43.9 Å². The molecule has 0 unspecified atom stereocenters. The van der Waals surface area contributed by atoms with E-state index in [1.165, 1.54) is 0 Å². The summed E-state index contributed by atoms with van der Waals surface area (Å²) in [4.78, 5) is 2.34. The van der Waals surface area contributed by atoms with Crippen LogP contribution in [0, 0.1) is 0 Å². The molecule has 0 aromatic carbocycles. The van der Waals surface area contributed by atoms with Crippen molar-refractivity contribution in [2.75, 3.05) is 37.8 Å². The van der Waals surface area contributed by atoms with Crippen molar-refractivity contribution in [1.82, 2.24) is 4.90 Å². The molecule has 0 atom stereocenters. The Morgan fingerprint density at radius 3 is 2.11 bits per heavy atom. The highest BCUT2D eigenvalue weighted by atomic mass is 32.2. The number of nitrogens with zero attached hydrogens (tertiary/aromatic N) is 1. The third-order valence-electron chi connectivity index (χ3n) is 4.43. The molecule has 3 aliphatic rings. The fourth-order valence-corrected chi connectivity index (χ4v) is 4.51. The van der Waals surface area contributed by atoms with E-state index in [4.69, 9.17) is 9.47 Å². The maximum Gasteiger partial charge on any atom is 0.168 e. The van der Waals surface area contributed by atoms with Gasteiger partial charge in [0.25, 0.3) is 0 Å². The van der Waals surface area contributed by atoms with Crippen LogP contribution in [0.1, 0.15) is 25.7 Å². The fraction of sp³-hybridized carbons (Fsp3) is 1.00. The van der Waals surface area contributed by atoms with Crippen molar-refractivity contribution in [3.63, 3.8) is 0 Å². The summed E-state index contributed by atoms with van der Waals surface area (Å²) in [5.41, 5.74) is 0. The SMILES string of the molecule is O=S1(=O)CCN(C2CCC3(CC2)OCCO3)CC1. The second kappa shape index (κ2) is 4.74. The lowest BCUT2D eigenvalue weighted by Gasteiger charge is -2.41. The number of sulfone groups is 1. The van der Waals surface area contributed by atoms with Crippen LogP contribution in [0.25, 0.3) is 0 Å². The van der Waals surface area contributed by atoms with E-state index in [-0.39, 0.29) is 5.79 Å². The molecule has 2 heterocycles. The molecule has 0 amide bonds. The molecule has 1 saturated carbocycles. The molecule has 5 nitrogen and oxygen atoms in total. The normalized spacial score (nSPS) is 32.9. The van der Waals surface area contributed by atoms with Crippen LogP contribution in [-0.4, -0.2) is 63.0 Å². The highest BCUT2D eigenvalue weighted by Gasteiger charge is 2.42. The minimum absolute atomic E-state index is 0.307.